The number of phosphoric acid groups is 2. The minimum absolute atomic E-state index is 0.0848. The minimum Gasteiger partial charge on any atom is -0.404 e. The predicted octanol–water partition coefficient (Wildman–Crippen LogP) is -0.336. The number of benzene rings is 1. The summed E-state index contributed by atoms with van der Waals surface area (Å²) in [7, 11) is -9.60. The lowest BCUT2D eigenvalue weighted by molar-refractivity contribution is -0.137. The van der Waals surface area contributed by atoms with Gasteiger partial charge in [0.25, 0.3) is 0 Å². The lowest BCUT2D eigenvalue weighted by Gasteiger charge is -2.12. The molecule has 0 aliphatic heterocycles. The highest BCUT2D eigenvalue weighted by Gasteiger charge is 2.25. The first-order chi connectivity index (χ1) is 9.46. The first-order valence-electron chi connectivity index (χ1n) is 5.35. The number of carbonyl (C=O) groups excluding carboxylic acids is 1. The van der Waals surface area contributed by atoms with E-state index in [9.17, 15) is 13.9 Å². The number of carbonyl (C=O) groups is 1. The summed E-state index contributed by atoms with van der Waals surface area (Å²) in [6.07, 6.45) is -0.0883. The molecule has 0 spiro atoms. The van der Waals surface area contributed by atoms with Crippen molar-refractivity contribution in [1.29, 1.82) is 0 Å². The van der Waals surface area contributed by atoms with Crippen LogP contribution in [0.3, 0.4) is 0 Å². The molecule has 1 atom stereocenters. The van der Waals surface area contributed by atoms with Gasteiger partial charge in [0.05, 0.1) is 0 Å². The molecule has 0 radical (unpaired) electrons. The molecule has 0 aliphatic carbocycles. The minimum atomic E-state index is -4.95. The molecule has 0 saturated heterocycles. The van der Waals surface area contributed by atoms with Gasteiger partial charge in [0.15, 0.2) is 0 Å². The van der Waals surface area contributed by atoms with Crippen LogP contribution in [0.25, 0.3) is 0 Å². The van der Waals surface area contributed by atoms with E-state index in [-0.39, 0.29) is 12.2 Å². The van der Waals surface area contributed by atoms with E-state index in [2.05, 4.69) is 9.05 Å². The molecule has 0 heterocycles. The van der Waals surface area contributed by atoms with Crippen molar-refractivity contribution in [2.24, 2.45) is 5.73 Å². The molecule has 1 rings (SSSR count). The van der Waals surface area contributed by atoms with Crippen LogP contribution in [0.2, 0.25) is 0 Å². The number of hydrogen-bond donors (Lipinski definition) is 5. The van der Waals surface area contributed by atoms with Crippen molar-refractivity contribution in [3.8, 4) is 5.75 Å². The molecule has 0 unspecified atom stereocenters. The molecule has 0 aromatic heterocycles. The Morgan fingerprint density at radius 2 is 1.62 bits per heavy atom. The van der Waals surface area contributed by atoms with E-state index in [0.29, 0.717) is 5.56 Å². The molecule has 21 heavy (non-hydrogen) atoms. The Hall–Kier alpha value is -1.25. The topological polar surface area (TPSA) is 177 Å². The van der Waals surface area contributed by atoms with Crippen molar-refractivity contribution in [2.45, 2.75) is 12.5 Å². The molecule has 0 amide bonds. The third-order valence-corrected chi connectivity index (χ3v) is 2.98. The Kier molecular flexibility index (Phi) is 5.66. The average molecular weight is 341 g/mol. The second-order valence-electron chi connectivity index (χ2n) is 3.94. The molecule has 10 nitrogen and oxygen atoms in total. The molecule has 12 heteroatoms. The van der Waals surface area contributed by atoms with Gasteiger partial charge in [0.1, 0.15) is 11.8 Å². The van der Waals surface area contributed by atoms with Crippen LogP contribution < -0.4 is 10.3 Å². The summed E-state index contributed by atoms with van der Waals surface area (Å²) in [6.45, 7) is 0. The average Bonchev–Trinajstić information content (AvgIpc) is 2.27. The Morgan fingerprint density at radius 1 is 1.10 bits per heavy atom. The molecule has 1 aromatic rings. The summed E-state index contributed by atoms with van der Waals surface area (Å²) < 4.78 is 29.2. The molecular weight excluding hydrogens is 328 g/mol. The summed E-state index contributed by atoms with van der Waals surface area (Å²) >= 11 is 0. The molecule has 6 N–H and O–H groups in total. The van der Waals surface area contributed by atoms with Gasteiger partial charge in [0, 0.05) is 0 Å². The fourth-order valence-corrected chi connectivity index (χ4v) is 2.11. The number of nitrogens with two attached hydrogens (primary N) is 1. The molecule has 0 fully saturated rings. The summed E-state index contributed by atoms with van der Waals surface area (Å²) in [5, 5.41) is 0. The van der Waals surface area contributed by atoms with E-state index in [1.165, 1.54) is 24.3 Å². The molecule has 1 aromatic carbocycles. The predicted molar refractivity (Wildman–Crippen MR) is 68.9 cm³/mol. The maximum atomic E-state index is 11.3. The summed E-state index contributed by atoms with van der Waals surface area (Å²) in [4.78, 5) is 45.4. The standard InChI is InChI=1S/C9H13NO9P2/c10-8(9(11)19-21(15,16)17)5-6-1-3-7(4-2-6)18-20(12,13)14/h1-4,8H,5,10H2,(H2,12,13,14)(H2,15,16,17)/t8-/m0/s1. The van der Waals surface area contributed by atoms with Gasteiger partial charge in [-0.3, -0.25) is 19.6 Å². The maximum absolute atomic E-state index is 11.3. The van der Waals surface area contributed by atoms with Crippen molar-refractivity contribution >= 4 is 21.6 Å². The normalized spacial score (nSPS) is 13.6. The third-order valence-electron chi connectivity index (χ3n) is 2.11. The van der Waals surface area contributed by atoms with Crippen LogP contribution in [0.15, 0.2) is 24.3 Å². The van der Waals surface area contributed by atoms with Crippen molar-refractivity contribution in [3.05, 3.63) is 29.8 Å². The van der Waals surface area contributed by atoms with Crippen molar-refractivity contribution < 1.29 is 42.5 Å². The Bertz CT molecular complexity index is 590. The molecule has 0 bridgehead atoms. The van der Waals surface area contributed by atoms with E-state index in [1.807, 2.05) is 0 Å². The zero-order valence-electron chi connectivity index (χ0n) is 10.4. The second-order valence-corrected chi connectivity index (χ2v) is 6.26. The quantitative estimate of drug-likeness (QED) is 0.430. The zero-order valence-corrected chi connectivity index (χ0v) is 12.2. The van der Waals surface area contributed by atoms with Crippen LogP contribution in [0.5, 0.6) is 5.75 Å². The fourth-order valence-electron chi connectivity index (χ4n) is 1.35. The second kappa shape index (κ2) is 6.67. The molecule has 0 saturated carbocycles. The van der Waals surface area contributed by atoms with Gasteiger partial charge in [-0.2, -0.15) is 0 Å². The highest BCUT2D eigenvalue weighted by atomic mass is 31.2. The van der Waals surface area contributed by atoms with Crippen LogP contribution in [-0.4, -0.2) is 31.6 Å². The van der Waals surface area contributed by atoms with E-state index in [0.717, 1.165) is 0 Å². The third kappa shape index (κ3) is 7.35. The van der Waals surface area contributed by atoms with Gasteiger partial charge in [0.2, 0.25) is 0 Å². The van der Waals surface area contributed by atoms with E-state index >= 15 is 0 Å². The SMILES string of the molecule is N[C@@H](Cc1ccc(OP(=O)(O)O)cc1)C(=O)OP(=O)(O)O. The maximum Gasteiger partial charge on any atom is 0.527 e. The van der Waals surface area contributed by atoms with Gasteiger partial charge in [-0.15, -0.1) is 0 Å². The zero-order chi connectivity index (χ0) is 16.3. The van der Waals surface area contributed by atoms with Gasteiger partial charge in [-0.1, -0.05) is 12.1 Å². The highest BCUT2D eigenvalue weighted by Crippen LogP contribution is 2.38. The van der Waals surface area contributed by atoms with Crippen LogP contribution in [-0.2, 0) is 24.9 Å². The van der Waals surface area contributed by atoms with E-state index < -0.39 is 27.7 Å². The monoisotopic (exact) mass is 341 g/mol. The number of phosphoric ester groups is 2. The van der Waals surface area contributed by atoms with Crippen LogP contribution >= 0.6 is 15.6 Å². The van der Waals surface area contributed by atoms with Gasteiger partial charge >= 0.3 is 21.6 Å². The van der Waals surface area contributed by atoms with Crippen LogP contribution in [0.1, 0.15) is 5.56 Å². The van der Waals surface area contributed by atoms with Gasteiger partial charge < -0.3 is 14.8 Å². The van der Waals surface area contributed by atoms with Crippen molar-refractivity contribution in [3.63, 3.8) is 0 Å². The van der Waals surface area contributed by atoms with E-state index in [4.69, 9.17) is 25.3 Å². The van der Waals surface area contributed by atoms with Crippen molar-refractivity contribution in [1.82, 2.24) is 0 Å². The Morgan fingerprint density at radius 3 is 2.05 bits per heavy atom. The Balaban J connectivity index is 2.65. The van der Waals surface area contributed by atoms with E-state index in [1.54, 1.807) is 0 Å². The summed E-state index contributed by atoms with van der Waals surface area (Å²) in [5.74, 6) is -1.35. The lowest BCUT2D eigenvalue weighted by atomic mass is 10.1. The summed E-state index contributed by atoms with van der Waals surface area (Å²) in [6, 6.07) is 3.96. The highest BCUT2D eigenvalue weighted by molar-refractivity contribution is 7.47. The molecular formula is C9H13NO9P2. The number of hydrogen-bond acceptors (Lipinski definition) is 6. The first-order valence-corrected chi connectivity index (χ1v) is 8.41. The van der Waals surface area contributed by atoms with Crippen LogP contribution in [0, 0.1) is 0 Å². The molecule has 0 aliphatic rings. The van der Waals surface area contributed by atoms with Gasteiger partial charge in [-0.25, -0.2) is 13.9 Å². The molecule has 118 valence electrons. The summed E-state index contributed by atoms with van der Waals surface area (Å²) in [5.41, 5.74) is 5.90. The number of rotatable bonds is 6. The van der Waals surface area contributed by atoms with Gasteiger partial charge in [-0.05, 0) is 24.1 Å². The largest absolute Gasteiger partial charge is 0.527 e. The Labute approximate surface area is 119 Å². The van der Waals surface area contributed by atoms with Crippen molar-refractivity contribution in [2.75, 3.05) is 0 Å². The van der Waals surface area contributed by atoms with Crippen LogP contribution in [0.4, 0.5) is 0 Å². The lowest BCUT2D eigenvalue weighted by Crippen LogP contribution is -2.33. The fraction of sp³-hybridized carbons (Fsp3) is 0.222. The smallest absolute Gasteiger partial charge is 0.404 e. The first kappa shape index (κ1) is 17.8.